The van der Waals surface area contributed by atoms with Crippen molar-refractivity contribution in [1.82, 2.24) is 0 Å². The highest BCUT2D eigenvalue weighted by Crippen LogP contribution is 2.15. The van der Waals surface area contributed by atoms with E-state index in [1.54, 1.807) is 0 Å². The van der Waals surface area contributed by atoms with Gasteiger partial charge in [0.25, 0.3) is 0 Å². The topological polar surface area (TPSA) is 36.9 Å². The quantitative estimate of drug-likeness (QED) is 0.683. The molecule has 0 heterocycles. The van der Waals surface area contributed by atoms with Crippen molar-refractivity contribution in [3.05, 3.63) is 35.9 Å². The van der Waals surface area contributed by atoms with Crippen LogP contribution < -0.4 is 5.73 Å². The third-order valence-electron chi connectivity index (χ3n) is 2.03. The average Bonchev–Trinajstić information content (AvgIpc) is 2.19. The van der Waals surface area contributed by atoms with E-state index in [1.165, 1.54) is 5.56 Å². The fourth-order valence-electron chi connectivity index (χ4n) is 1.18. The summed E-state index contributed by atoms with van der Waals surface area (Å²) >= 11 is 0. The lowest BCUT2D eigenvalue weighted by Crippen LogP contribution is -2.50. The Bertz CT molecular complexity index is 223. The van der Waals surface area contributed by atoms with Crippen LogP contribution in [0.15, 0.2) is 30.3 Å². The molecule has 13 heavy (non-hydrogen) atoms. The Morgan fingerprint density at radius 3 is 2.62 bits per heavy atom. The summed E-state index contributed by atoms with van der Waals surface area (Å²) < 4.78 is 5.63. The van der Waals surface area contributed by atoms with E-state index in [0.717, 1.165) is 19.6 Å². The highest BCUT2D eigenvalue weighted by atomic mass is 16.5. The first-order valence-electron chi connectivity index (χ1n) is 4.80. The molecule has 3 N–H and O–H groups in total. The Labute approximate surface area is 79.7 Å². The van der Waals surface area contributed by atoms with Crippen LogP contribution in [-0.2, 0) is 4.74 Å². The van der Waals surface area contributed by atoms with E-state index in [-0.39, 0.29) is 6.10 Å². The highest BCUT2D eigenvalue weighted by molar-refractivity contribution is 5.16. The first-order chi connectivity index (χ1) is 6.34. The fraction of sp³-hybridized carbons (Fsp3) is 0.455. The lowest BCUT2D eigenvalue weighted by molar-refractivity contribution is -0.369. The van der Waals surface area contributed by atoms with Crippen molar-refractivity contribution in [3.63, 3.8) is 0 Å². The van der Waals surface area contributed by atoms with Crippen molar-refractivity contribution in [2.24, 2.45) is 0 Å². The maximum Gasteiger partial charge on any atom is 0.0796 e. The van der Waals surface area contributed by atoms with Gasteiger partial charge in [-0.25, -0.2) is 0 Å². The molecule has 0 amide bonds. The summed E-state index contributed by atoms with van der Waals surface area (Å²) in [6.45, 7) is 3.83. The Hall–Kier alpha value is -0.860. The maximum atomic E-state index is 5.63. The van der Waals surface area contributed by atoms with Gasteiger partial charge in [-0.1, -0.05) is 30.3 Å². The molecule has 1 rings (SSSR count). The monoisotopic (exact) mass is 180 g/mol. The van der Waals surface area contributed by atoms with E-state index in [2.05, 4.69) is 24.8 Å². The van der Waals surface area contributed by atoms with Gasteiger partial charge < -0.3 is 10.5 Å². The molecule has 2 nitrogen and oxygen atoms in total. The van der Waals surface area contributed by atoms with Crippen molar-refractivity contribution >= 4 is 0 Å². The predicted molar refractivity (Wildman–Crippen MR) is 53.2 cm³/mol. The minimum atomic E-state index is 0.202. The van der Waals surface area contributed by atoms with Crippen LogP contribution in [0, 0.1) is 0 Å². The second-order valence-corrected chi connectivity index (χ2v) is 3.13. The van der Waals surface area contributed by atoms with Gasteiger partial charge in [0.2, 0.25) is 0 Å². The first-order valence-corrected chi connectivity index (χ1v) is 4.80. The summed E-state index contributed by atoms with van der Waals surface area (Å²) in [5, 5.41) is 0. The van der Waals surface area contributed by atoms with E-state index < -0.39 is 0 Å². The molecule has 0 saturated heterocycles. The SMILES string of the molecule is C[C@H](OCCC[NH3+])c1ccccc1. The molecule has 1 atom stereocenters. The molecule has 0 aromatic heterocycles. The van der Waals surface area contributed by atoms with E-state index in [4.69, 9.17) is 4.74 Å². The number of hydrogen-bond acceptors (Lipinski definition) is 1. The van der Waals surface area contributed by atoms with Crippen LogP contribution in [0.25, 0.3) is 0 Å². The minimum Gasteiger partial charge on any atom is -0.374 e. The zero-order valence-corrected chi connectivity index (χ0v) is 8.20. The van der Waals surface area contributed by atoms with Crippen LogP contribution in [0.5, 0.6) is 0 Å². The summed E-state index contributed by atoms with van der Waals surface area (Å²) in [6.07, 6.45) is 1.24. The van der Waals surface area contributed by atoms with Crippen LogP contribution in [-0.4, -0.2) is 13.2 Å². The smallest absolute Gasteiger partial charge is 0.0796 e. The second-order valence-electron chi connectivity index (χ2n) is 3.13. The Balaban J connectivity index is 2.35. The fourth-order valence-corrected chi connectivity index (χ4v) is 1.18. The molecular formula is C11H18NO+. The predicted octanol–water partition coefficient (Wildman–Crippen LogP) is 1.40. The van der Waals surface area contributed by atoms with Gasteiger partial charge in [0.1, 0.15) is 0 Å². The summed E-state index contributed by atoms with van der Waals surface area (Å²) in [6, 6.07) is 10.3. The molecule has 0 saturated carbocycles. The standard InChI is InChI=1S/C11H17NO/c1-10(13-9-5-8-12)11-6-3-2-4-7-11/h2-4,6-7,10H,5,8-9,12H2,1H3/p+1/t10-/m0/s1. The molecule has 1 aromatic carbocycles. The third-order valence-corrected chi connectivity index (χ3v) is 2.03. The van der Waals surface area contributed by atoms with Crippen LogP contribution in [0.4, 0.5) is 0 Å². The molecule has 0 fully saturated rings. The zero-order valence-electron chi connectivity index (χ0n) is 8.20. The first kappa shape index (κ1) is 10.2. The maximum absolute atomic E-state index is 5.63. The van der Waals surface area contributed by atoms with E-state index in [1.807, 2.05) is 18.2 Å². The summed E-state index contributed by atoms with van der Waals surface area (Å²) in [7, 11) is 0. The molecule has 72 valence electrons. The van der Waals surface area contributed by atoms with Gasteiger partial charge in [-0.3, -0.25) is 0 Å². The van der Waals surface area contributed by atoms with Gasteiger partial charge in [-0.2, -0.15) is 0 Å². The van der Waals surface area contributed by atoms with Crippen molar-refractivity contribution in [3.8, 4) is 0 Å². The van der Waals surface area contributed by atoms with Crippen LogP contribution in [0.2, 0.25) is 0 Å². The molecule has 0 bridgehead atoms. The van der Waals surface area contributed by atoms with Gasteiger partial charge in [-0.15, -0.1) is 0 Å². The highest BCUT2D eigenvalue weighted by Gasteiger charge is 2.03. The number of ether oxygens (including phenoxy) is 1. The van der Waals surface area contributed by atoms with Gasteiger partial charge >= 0.3 is 0 Å². The lowest BCUT2D eigenvalue weighted by Gasteiger charge is -2.12. The molecule has 0 spiro atoms. The van der Waals surface area contributed by atoms with Gasteiger partial charge in [0, 0.05) is 6.42 Å². The molecule has 1 aromatic rings. The Morgan fingerprint density at radius 1 is 1.31 bits per heavy atom. The summed E-state index contributed by atoms with van der Waals surface area (Å²) in [5.74, 6) is 0. The normalized spacial score (nSPS) is 12.8. The van der Waals surface area contributed by atoms with Crippen molar-refractivity contribution in [2.75, 3.05) is 13.2 Å². The minimum absolute atomic E-state index is 0.202. The summed E-state index contributed by atoms with van der Waals surface area (Å²) in [5.41, 5.74) is 5.02. The zero-order chi connectivity index (χ0) is 9.52. The molecule has 0 unspecified atom stereocenters. The molecule has 0 radical (unpaired) electrons. The van der Waals surface area contributed by atoms with Crippen LogP contribution in [0.3, 0.4) is 0 Å². The van der Waals surface area contributed by atoms with Crippen molar-refractivity contribution in [1.29, 1.82) is 0 Å². The van der Waals surface area contributed by atoms with Gasteiger partial charge in [0.15, 0.2) is 0 Å². The molecular weight excluding hydrogens is 162 g/mol. The van der Waals surface area contributed by atoms with Crippen LogP contribution in [0.1, 0.15) is 25.0 Å². The Kier molecular flexibility index (Phi) is 4.50. The molecule has 0 aliphatic rings. The number of benzene rings is 1. The number of quaternary nitrogens is 1. The molecule has 0 aliphatic heterocycles. The summed E-state index contributed by atoms with van der Waals surface area (Å²) in [4.78, 5) is 0. The van der Waals surface area contributed by atoms with Gasteiger partial charge in [-0.05, 0) is 12.5 Å². The number of rotatable bonds is 5. The third kappa shape index (κ3) is 3.57. The molecule has 2 heteroatoms. The van der Waals surface area contributed by atoms with E-state index in [9.17, 15) is 0 Å². The number of hydrogen-bond donors (Lipinski definition) is 1. The molecule has 0 aliphatic carbocycles. The van der Waals surface area contributed by atoms with E-state index in [0.29, 0.717) is 0 Å². The largest absolute Gasteiger partial charge is 0.374 e. The lowest BCUT2D eigenvalue weighted by atomic mass is 10.1. The Morgan fingerprint density at radius 2 is 2.00 bits per heavy atom. The van der Waals surface area contributed by atoms with Crippen molar-refractivity contribution in [2.45, 2.75) is 19.4 Å². The average molecular weight is 180 g/mol. The second kappa shape index (κ2) is 5.73. The van der Waals surface area contributed by atoms with Crippen molar-refractivity contribution < 1.29 is 10.5 Å². The van der Waals surface area contributed by atoms with Crippen LogP contribution >= 0.6 is 0 Å². The van der Waals surface area contributed by atoms with Gasteiger partial charge in [0.05, 0.1) is 19.3 Å². The van der Waals surface area contributed by atoms with E-state index >= 15 is 0 Å².